The second-order valence-corrected chi connectivity index (χ2v) is 5.17. The minimum Gasteiger partial charge on any atom is -0.305 e. The Morgan fingerprint density at radius 1 is 1.29 bits per heavy atom. The van der Waals surface area contributed by atoms with Gasteiger partial charge in [-0.25, -0.2) is 4.98 Å². The number of pyridine rings is 1. The summed E-state index contributed by atoms with van der Waals surface area (Å²) >= 11 is 5.99. The van der Waals surface area contributed by atoms with Crippen molar-refractivity contribution >= 4 is 34.2 Å². The first-order chi connectivity index (χ1) is 10.1. The highest BCUT2D eigenvalue weighted by Gasteiger charge is 2.15. The monoisotopic (exact) mass is 300 g/mol. The fourth-order valence-electron chi connectivity index (χ4n) is 2.11. The molecule has 21 heavy (non-hydrogen) atoms. The molecule has 0 radical (unpaired) electrons. The lowest BCUT2D eigenvalue weighted by molar-refractivity contribution is 0.102. The Balaban J connectivity index is 2.04. The second kappa shape index (κ2) is 5.18. The third-order valence-electron chi connectivity index (χ3n) is 3.41. The van der Waals surface area contributed by atoms with E-state index >= 15 is 0 Å². The summed E-state index contributed by atoms with van der Waals surface area (Å²) in [7, 11) is 0. The lowest BCUT2D eigenvalue weighted by atomic mass is 10.1. The number of halogens is 1. The molecule has 106 valence electrons. The summed E-state index contributed by atoms with van der Waals surface area (Å²) in [6.45, 7) is 3.79. The Kier molecular flexibility index (Phi) is 3.35. The van der Waals surface area contributed by atoms with Gasteiger partial charge in [0, 0.05) is 16.6 Å². The Bertz CT molecular complexity index is 841. The van der Waals surface area contributed by atoms with E-state index in [2.05, 4.69) is 20.5 Å². The molecule has 0 spiro atoms. The molecule has 3 aromatic rings. The van der Waals surface area contributed by atoms with Crippen LogP contribution in [0.25, 0.3) is 10.9 Å². The number of hydrogen-bond acceptors (Lipinski definition) is 3. The molecule has 5 nitrogen and oxygen atoms in total. The van der Waals surface area contributed by atoms with E-state index in [-0.39, 0.29) is 11.1 Å². The minimum absolute atomic E-state index is 0.259. The zero-order chi connectivity index (χ0) is 15.0. The van der Waals surface area contributed by atoms with Crippen molar-refractivity contribution in [1.29, 1.82) is 0 Å². The first kappa shape index (κ1) is 13.6. The van der Waals surface area contributed by atoms with Gasteiger partial charge in [-0.2, -0.15) is 5.10 Å². The van der Waals surface area contributed by atoms with Crippen LogP contribution in [-0.2, 0) is 0 Å². The van der Waals surface area contributed by atoms with Crippen LogP contribution < -0.4 is 5.32 Å². The van der Waals surface area contributed by atoms with Crippen LogP contribution >= 0.6 is 11.6 Å². The van der Waals surface area contributed by atoms with E-state index in [0.717, 1.165) is 16.6 Å². The van der Waals surface area contributed by atoms with Gasteiger partial charge in [-0.3, -0.25) is 9.89 Å². The normalized spacial score (nSPS) is 10.8. The summed E-state index contributed by atoms with van der Waals surface area (Å²) in [5, 5.41) is 10.8. The van der Waals surface area contributed by atoms with Crippen molar-refractivity contribution in [3.8, 4) is 0 Å². The molecular weight excluding hydrogens is 288 g/mol. The lowest BCUT2D eigenvalue weighted by Crippen LogP contribution is -2.14. The lowest BCUT2D eigenvalue weighted by Gasteiger charge is -2.07. The molecule has 1 amide bonds. The van der Waals surface area contributed by atoms with E-state index in [1.807, 2.05) is 38.1 Å². The minimum atomic E-state index is -0.259. The molecule has 3 rings (SSSR count). The number of hydrogen-bond donors (Lipinski definition) is 2. The number of para-hydroxylation sites is 1. The average molecular weight is 301 g/mol. The fourth-order valence-corrected chi connectivity index (χ4v) is 2.31. The van der Waals surface area contributed by atoms with Crippen molar-refractivity contribution in [2.45, 2.75) is 13.8 Å². The van der Waals surface area contributed by atoms with Gasteiger partial charge in [-0.05, 0) is 26.0 Å². The molecule has 1 aromatic carbocycles. The number of amides is 1. The van der Waals surface area contributed by atoms with Gasteiger partial charge in [0.25, 0.3) is 5.91 Å². The molecule has 0 aliphatic heterocycles. The zero-order valence-electron chi connectivity index (χ0n) is 11.6. The van der Waals surface area contributed by atoms with Crippen LogP contribution in [0.4, 0.5) is 5.82 Å². The van der Waals surface area contributed by atoms with Crippen LogP contribution in [0.3, 0.4) is 0 Å². The van der Waals surface area contributed by atoms with Gasteiger partial charge in [-0.15, -0.1) is 0 Å². The molecule has 0 bridgehead atoms. The number of H-pyrrole nitrogens is 1. The van der Waals surface area contributed by atoms with Gasteiger partial charge >= 0.3 is 0 Å². The second-order valence-electron chi connectivity index (χ2n) is 4.79. The molecule has 0 fully saturated rings. The van der Waals surface area contributed by atoms with Crippen molar-refractivity contribution in [1.82, 2.24) is 15.2 Å². The molecule has 2 heterocycles. The van der Waals surface area contributed by atoms with Crippen LogP contribution in [0.2, 0.25) is 5.15 Å². The van der Waals surface area contributed by atoms with E-state index in [1.54, 1.807) is 6.07 Å². The van der Waals surface area contributed by atoms with Crippen LogP contribution in [0.1, 0.15) is 21.6 Å². The molecule has 0 saturated carbocycles. The van der Waals surface area contributed by atoms with Crippen molar-refractivity contribution in [2.24, 2.45) is 0 Å². The largest absolute Gasteiger partial charge is 0.305 e. The summed E-state index contributed by atoms with van der Waals surface area (Å²) in [6.07, 6.45) is 0. The number of fused-ring (bicyclic) bond motifs is 1. The molecule has 6 heteroatoms. The van der Waals surface area contributed by atoms with Crippen molar-refractivity contribution in [2.75, 3.05) is 5.32 Å². The topological polar surface area (TPSA) is 70.7 Å². The third-order valence-corrected chi connectivity index (χ3v) is 3.61. The first-order valence-corrected chi connectivity index (χ1v) is 6.82. The smallest absolute Gasteiger partial charge is 0.257 e. The Morgan fingerprint density at radius 3 is 2.76 bits per heavy atom. The SMILES string of the molecule is Cc1[nH]nc(NC(=O)c2cc(Cl)nc3ccccc23)c1C. The number of aromatic nitrogens is 3. The quantitative estimate of drug-likeness (QED) is 0.712. The number of carbonyl (C=O) groups is 1. The highest BCUT2D eigenvalue weighted by Crippen LogP contribution is 2.22. The summed E-state index contributed by atoms with van der Waals surface area (Å²) in [6, 6.07) is 8.94. The van der Waals surface area contributed by atoms with Gasteiger partial charge in [0.1, 0.15) is 5.15 Å². The molecule has 0 atom stereocenters. The zero-order valence-corrected chi connectivity index (χ0v) is 12.3. The number of rotatable bonds is 2. The molecule has 0 unspecified atom stereocenters. The van der Waals surface area contributed by atoms with Gasteiger partial charge in [0.15, 0.2) is 5.82 Å². The number of carbonyl (C=O) groups excluding carboxylic acids is 1. The summed E-state index contributed by atoms with van der Waals surface area (Å²) < 4.78 is 0. The maximum absolute atomic E-state index is 12.5. The number of aromatic amines is 1. The predicted molar refractivity (Wildman–Crippen MR) is 82.8 cm³/mol. The molecule has 0 aliphatic rings. The molecule has 0 saturated heterocycles. The van der Waals surface area contributed by atoms with E-state index < -0.39 is 0 Å². The first-order valence-electron chi connectivity index (χ1n) is 6.44. The summed E-state index contributed by atoms with van der Waals surface area (Å²) in [4.78, 5) is 16.7. The molecular formula is C15H13ClN4O. The van der Waals surface area contributed by atoms with Crippen molar-refractivity contribution in [3.05, 3.63) is 52.3 Å². The fraction of sp³-hybridized carbons (Fsp3) is 0.133. The molecule has 0 aliphatic carbocycles. The molecule has 2 N–H and O–H groups in total. The van der Waals surface area contributed by atoms with E-state index in [1.165, 1.54) is 0 Å². The highest BCUT2D eigenvalue weighted by molar-refractivity contribution is 6.30. The van der Waals surface area contributed by atoms with Gasteiger partial charge in [0.05, 0.1) is 11.1 Å². The van der Waals surface area contributed by atoms with E-state index in [4.69, 9.17) is 11.6 Å². The average Bonchev–Trinajstić information content (AvgIpc) is 2.78. The maximum atomic E-state index is 12.5. The highest BCUT2D eigenvalue weighted by atomic mass is 35.5. The Morgan fingerprint density at radius 2 is 2.05 bits per heavy atom. The number of nitrogens with zero attached hydrogens (tertiary/aromatic N) is 2. The maximum Gasteiger partial charge on any atom is 0.257 e. The standard InChI is InChI=1S/C15H13ClN4O/c1-8-9(2)19-20-14(8)18-15(21)11-7-13(16)17-12-6-4-3-5-10(11)12/h3-7H,1-2H3,(H2,18,19,20,21). The van der Waals surface area contributed by atoms with Crippen molar-refractivity contribution in [3.63, 3.8) is 0 Å². The number of aryl methyl sites for hydroxylation is 1. The Labute approximate surface area is 126 Å². The van der Waals surface area contributed by atoms with Gasteiger partial charge in [0.2, 0.25) is 0 Å². The number of nitrogens with one attached hydrogen (secondary N) is 2. The van der Waals surface area contributed by atoms with Crippen LogP contribution in [0.5, 0.6) is 0 Å². The summed E-state index contributed by atoms with van der Waals surface area (Å²) in [5.74, 6) is 0.264. The Hall–Kier alpha value is -2.40. The number of anilines is 1. The van der Waals surface area contributed by atoms with Gasteiger partial charge in [-0.1, -0.05) is 29.8 Å². The van der Waals surface area contributed by atoms with Crippen LogP contribution in [0, 0.1) is 13.8 Å². The van der Waals surface area contributed by atoms with Crippen LogP contribution in [-0.4, -0.2) is 21.1 Å². The van der Waals surface area contributed by atoms with E-state index in [0.29, 0.717) is 16.9 Å². The molecule has 2 aromatic heterocycles. The predicted octanol–water partition coefficient (Wildman–Crippen LogP) is 3.48. The third kappa shape index (κ3) is 2.48. The summed E-state index contributed by atoms with van der Waals surface area (Å²) in [5.41, 5.74) is 2.99. The number of benzene rings is 1. The van der Waals surface area contributed by atoms with Crippen LogP contribution in [0.15, 0.2) is 30.3 Å². The van der Waals surface area contributed by atoms with Gasteiger partial charge < -0.3 is 5.32 Å². The van der Waals surface area contributed by atoms with E-state index in [9.17, 15) is 4.79 Å². The van der Waals surface area contributed by atoms with Crippen molar-refractivity contribution < 1.29 is 4.79 Å².